The zero-order valence-corrected chi connectivity index (χ0v) is 11.2. The molecule has 1 fully saturated rings. The largest absolute Gasteiger partial charge is 0.368 e. The maximum atomic E-state index is 11.4. The quantitative estimate of drug-likeness (QED) is 0.701. The van der Waals surface area contributed by atoms with Gasteiger partial charge in [-0.05, 0) is 6.42 Å². The van der Waals surface area contributed by atoms with E-state index >= 15 is 0 Å². The van der Waals surface area contributed by atoms with Crippen LogP contribution in [0.2, 0.25) is 0 Å². The van der Waals surface area contributed by atoms with E-state index in [0.717, 1.165) is 0 Å². The van der Waals surface area contributed by atoms with Gasteiger partial charge >= 0.3 is 0 Å². The van der Waals surface area contributed by atoms with E-state index in [4.69, 9.17) is 5.73 Å². The van der Waals surface area contributed by atoms with Gasteiger partial charge in [-0.2, -0.15) is 24.7 Å². The molecule has 0 amide bonds. The maximum absolute atomic E-state index is 11.4. The summed E-state index contributed by atoms with van der Waals surface area (Å²) in [6.45, 7) is 0. The molecule has 10 nitrogen and oxygen atoms in total. The minimum Gasteiger partial charge on any atom is -0.368 e. The smallest absolute Gasteiger partial charge is 0.258 e. The molecule has 2 aromatic heterocycles. The Morgan fingerprint density at radius 1 is 1.35 bits per heavy atom. The summed E-state index contributed by atoms with van der Waals surface area (Å²) in [5.74, 6) is 0.704. The first-order valence-electron chi connectivity index (χ1n) is 5.85. The Balaban J connectivity index is 1.84. The second kappa shape index (κ2) is 4.67. The third kappa shape index (κ3) is 2.66. The number of hydrogen-bond donors (Lipinski definition) is 2. The van der Waals surface area contributed by atoms with E-state index in [1.165, 1.54) is 17.3 Å². The van der Waals surface area contributed by atoms with Gasteiger partial charge in [0.05, 0.1) is 11.5 Å². The topological polar surface area (TPSA) is 142 Å². The number of anilines is 2. The highest BCUT2D eigenvalue weighted by atomic mass is 32.2. The highest BCUT2D eigenvalue weighted by Crippen LogP contribution is 2.16. The van der Waals surface area contributed by atoms with Gasteiger partial charge in [-0.1, -0.05) is 0 Å². The number of hydrogen-bond acceptors (Lipinski definition) is 9. The fourth-order valence-corrected chi connectivity index (χ4v) is 3.62. The van der Waals surface area contributed by atoms with Crippen molar-refractivity contribution in [2.45, 2.75) is 12.5 Å². The van der Waals surface area contributed by atoms with Crippen LogP contribution in [-0.4, -0.2) is 55.7 Å². The lowest BCUT2D eigenvalue weighted by Crippen LogP contribution is -2.23. The Morgan fingerprint density at radius 3 is 2.85 bits per heavy atom. The maximum Gasteiger partial charge on any atom is 0.258 e. The average Bonchev–Trinajstić information content (AvgIpc) is 2.98. The molecule has 1 saturated heterocycles. The van der Waals surface area contributed by atoms with Gasteiger partial charge in [-0.25, -0.2) is 13.4 Å². The molecule has 2 aromatic rings. The molecule has 0 bridgehead atoms. The van der Waals surface area contributed by atoms with E-state index in [1.807, 2.05) is 0 Å². The van der Waals surface area contributed by atoms with Crippen LogP contribution < -0.4 is 11.1 Å². The monoisotopic (exact) mass is 296 g/mol. The van der Waals surface area contributed by atoms with E-state index < -0.39 is 9.84 Å². The van der Waals surface area contributed by atoms with Crippen LogP contribution in [0.15, 0.2) is 12.7 Å². The van der Waals surface area contributed by atoms with Gasteiger partial charge in [0.2, 0.25) is 11.9 Å². The minimum atomic E-state index is -2.97. The molecule has 20 heavy (non-hydrogen) atoms. The van der Waals surface area contributed by atoms with Gasteiger partial charge < -0.3 is 11.1 Å². The lowest BCUT2D eigenvalue weighted by atomic mass is 10.3. The van der Waals surface area contributed by atoms with Crippen LogP contribution in [0.3, 0.4) is 0 Å². The summed E-state index contributed by atoms with van der Waals surface area (Å²) in [6.07, 6.45) is 3.29. The summed E-state index contributed by atoms with van der Waals surface area (Å²) in [6, 6.07) is -0.217. The van der Waals surface area contributed by atoms with Crippen LogP contribution in [0.4, 0.5) is 11.9 Å². The third-order valence-electron chi connectivity index (χ3n) is 2.83. The Bertz CT molecular complexity index is 714. The van der Waals surface area contributed by atoms with Crippen molar-refractivity contribution in [2.24, 2.45) is 0 Å². The van der Waals surface area contributed by atoms with Crippen LogP contribution in [0, 0.1) is 0 Å². The van der Waals surface area contributed by atoms with Crippen molar-refractivity contribution in [2.75, 3.05) is 22.6 Å². The second-order valence-corrected chi connectivity index (χ2v) is 6.63. The summed E-state index contributed by atoms with van der Waals surface area (Å²) in [5, 5.41) is 6.85. The highest BCUT2D eigenvalue weighted by Gasteiger charge is 2.28. The third-order valence-corrected chi connectivity index (χ3v) is 4.60. The second-order valence-electron chi connectivity index (χ2n) is 4.40. The Kier molecular flexibility index (Phi) is 2.97. The molecule has 1 unspecified atom stereocenters. The first-order chi connectivity index (χ1) is 9.52. The number of nitrogens with two attached hydrogens (primary N) is 1. The normalized spacial score (nSPS) is 20.9. The number of nitrogens with zero attached hydrogens (tertiary/aromatic N) is 6. The standard InChI is InChI=1S/C9H12N8O2S/c10-7-14-8(13-6-1-2-20(18,19)3-6)16-9(15-7)17-5-11-4-12-17/h4-6H,1-3H2,(H3,10,13,14,15,16). The van der Waals surface area contributed by atoms with Crippen LogP contribution >= 0.6 is 0 Å². The lowest BCUT2D eigenvalue weighted by molar-refractivity contribution is 0.602. The molecule has 1 atom stereocenters. The van der Waals surface area contributed by atoms with Gasteiger partial charge in [0.25, 0.3) is 5.95 Å². The molecule has 3 heterocycles. The first kappa shape index (κ1) is 12.7. The molecular formula is C9H12N8O2S. The Labute approximate surface area is 114 Å². The van der Waals surface area contributed by atoms with Gasteiger partial charge in [-0.15, -0.1) is 0 Å². The van der Waals surface area contributed by atoms with Crippen molar-refractivity contribution in [3.63, 3.8) is 0 Å². The van der Waals surface area contributed by atoms with Crippen molar-refractivity contribution in [1.82, 2.24) is 29.7 Å². The average molecular weight is 296 g/mol. The minimum absolute atomic E-state index is 0.0221. The molecule has 3 rings (SSSR count). The molecule has 3 N–H and O–H groups in total. The van der Waals surface area contributed by atoms with Crippen molar-refractivity contribution in [3.8, 4) is 5.95 Å². The molecule has 1 aliphatic rings. The van der Waals surface area contributed by atoms with Crippen LogP contribution in [0.1, 0.15) is 6.42 Å². The highest BCUT2D eigenvalue weighted by molar-refractivity contribution is 7.91. The molecular weight excluding hydrogens is 284 g/mol. The first-order valence-corrected chi connectivity index (χ1v) is 7.67. The van der Waals surface area contributed by atoms with E-state index in [9.17, 15) is 8.42 Å². The van der Waals surface area contributed by atoms with E-state index in [-0.39, 0.29) is 35.4 Å². The van der Waals surface area contributed by atoms with E-state index in [1.54, 1.807) is 0 Å². The zero-order chi connectivity index (χ0) is 14.2. The fraction of sp³-hybridized carbons (Fsp3) is 0.444. The summed E-state index contributed by atoms with van der Waals surface area (Å²) in [4.78, 5) is 15.8. The van der Waals surface area contributed by atoms with Crippen LogP contribution in [0.25, 0.3) is 5.95 Å². The predicted molar refractivity (Wildman–Crippen MR) is 69.8 cm³/mol. The molecule has 0 aliphatic carbocycles. The van der Waals surface area contributed by atoms with Crippen molar-refractivity contribution in [1.29, 1.82) is 0 Å². The van der Waals surface area contributed by atoms with Crippen molar-refractivity contribution >= 4 is 21.7 Å². The Hall–Kier alpha value is -2.30. The number of rotatable bonds is 3. The summed E-state index contributed by atoms with van der Waals surface area (Å²) in [5.41, 5.74) is 5.61. The summed E-state index contributed by atoms with van der Waals surface area (Å²) in [7, 11) is -2.97. The van der Waals surface area contributed by atoms with Crippen molar-refractivity contribution in [3.05, 3.63) is 12.7 Å². The molecule has 0 radical (unpaired) electrons. The predicted octanol–water partition coefficient (Wildman–Crippen LogP) is -1.37. The van der Waals surface area contributed by atoms with Gasteiger partial charge in [0.1, 0.15) is 12.7 Å². The molecule has 11 heteroatoms. The summed E-state index contributed by atoms with van der Waals surface area (Å²) >= 11 is 0. The molecule has 0 saturated carbocycles. The van der Waals surface area contributed by atoms with E-state index in [0.29, 0.717) is 6.42 Å². The van der Waals surface area contributed by atoms with Crippen LogP contribution in [0.5, 0.6) is 0 Å². The Morgan fingerprint density at radius 2 is 2.20 bits per heavy atom. The molecule has 0 spiro atoms. The molecule has 1 aliphatic heterocycles. The summed E-state index contributed by atoms with van der Waals surface area (Å²) < 4.78 is 24.2. The molecule has 0 aromatic carbocycles. The lowest BCUT2D eigenvalue weighted by Gasteiger charge is -2.11. The van der Waals surface area contributed by atoms with Gasteiger partial charge in [-0.3, -0.25) is 0 Å². The molecule has 106 valence electrons. The number of nitrogen functional groups attached to an aromatic ring is 1. The number of nitrogens with one attached hydrogen (secondary N) is 1. The number of aromatic nitrogens is 6. The fourth-order valence-electron chi connectivity index (χ4n) is 1.95. The SMILES string of the molecule is Nc1nc(NC2CCS(=O)(=O)C2)nc(-n2cncn2)n1. The number of sulfone groups is 1. The van der Waals surface area contributed by atoms with Crippen molar-refractivity contribution < 1.29 is 8.42 Å². The zero-order valence-electron chi connectivity index (χ0n) is 10.3. The van der Waals surface area contributed by atoms with E-state index in [2.05, 4.69) is 30.4 Å². The van der Waals surface area contributed by atoms with Gasteiger partial charge in [0.15, 0.2) is 9.84 Å². The van der Waals surface area contributed by atoms with Gasteiger partial charge in [0, 0.05) is 6.04 Å². The van der Waals surface area contributed by atoms with Crippen LogP contribution in [-0.2, 0) is 9.84 Å².